The molecule has 4 aliphatic rings. The summed E-state index contributed by atoms with van der Waals surface area (Å²) < 4.78 is 23.2. The molecule has 0 spiro atoms. The number of rotatable bonds is 9. The van der Waals surface area contributed by atoms with Gasteiger partial charge in [0.2, 0.25) is 0 Å². The van der Waals surface area contributed by atoms with E-state index >= 15 is 0 Å². The first-order chi connectivity index (χ1) is 20.2. The molecule has 0 radical (unpaired) electrons. The van der Waals surface area contributed by atoms with Crippen LogP contribution >= 0.6 is 0 Å². The van der Waals surface area contributed by atoms with Crippen LogP contribution in [0.15, 0.2) is 11.6 Å². The molecule has 0 aromatic rings. The van der Waals surface area contributed by atoms with Crippen molar-refractivity contribution in [3.8, 4) is 0 Å². The van der Waals surface area contributed by atoms with E-state index in [1.807, 2.05) is 13.0 Å². The first-order valence-electron chi connectivity index (χ1n) is 16.6. The highest BCUT2D eigenvalue weighted by Gasteiger charge is 2.67. The van der Waals surface area contributed by atoms with Gasteiger partial charge in [-0.25, -0.2) is 4.79 Å². The Bertz CT molecular complexity index is 1100. The maximum atomic E-state index is 12.6. The average molecular weight is 603 g/mol. The average Bonchev–Trinajstić information content (AvgIpc) is 3.27. The molecule has 4 aliphatic carbocycles. The molecule has 4 rings (SSSR count). The van der Waals surface area contributed by atoms with Crippen molar-refractivity contribution >= 4 is 23.9 Å². The fourth-order valence-corrected chi connectivity index (χ4v) is 10.2. The summed E-state index contributed by atoms with van der Waals surface area (Å²) in [6.07, 6.45) is 9.27. The minimum atomic E-state index is -0.265. The van der Waals surface area contributed by atoms with E-state index in [0.717, 1.165) is 57.8 Å². The lowest BCUT2D eigenvalue weighted by molar-refractivity contribution is -0.224. The molecule has 0 aromatic carbocycles. The number of ether oxygens (including phenoxy) is 4. The Morgan fingerprint density at radius 2 is 1.53 bits per heavy atom. The van der Waals surface area contributed by atoms with Crippen LogP contribution < -0.4 is 0 Å². The van der Waals surface area contributed by atoms with Crippen molar-refractivity contribution in [1.82, 2.24) is 0 Å². The highest BCUT2D eigenvalue weighted by atomic mass is 16.6. The molecular weight excluding hydrogens is 548 g/mol. The van der Waals surface area contributed by atoms with Gasteiger partial charge in [-0.3, -0.25) is 14.4 Å². The van der Waals surface area contributed by atoms with E-state index in [9.17, 15) is 19.2 Å². The summed E-state index contributed by atoms with van der Waals surface area (Å²) in [5.41, 5.74) is 0.375. The molecular formula is C35H54O8. The van der Waals surface area contributed by atoms with Crippen LogP contribution in [0.2, 0.25) is 0 Å². The van der Waals surface area contributed by atoms with Crippen LogP contribution in [0.5, 0.6) is 0 Å². The van der Waals surface area contributed by atoms with Crippen LogP contribution in [0.1, 0.15) is 113 Å². The van der Waals surface area contributed by atoms with Crippen LogP contribution in [0.3, 0.4) is 0 Å². The molecule has 242 valence electrons. The first kappa shape index (κ1) is 33.5. The summed E-state index contributed by atoms with van der Waals surface area (Å²) in [5, 5.41) is 0. The molecule has 0 aliphatic heterocycles. The zero-order valence-electron chi connectivity index (χ0n) is 27.6. The van der Waals surface area contributed by atoms with Crippen molar-refractivity contribution < 1.29 is 38.1 Å². The van der Waals surface area contributed by atoms with Crippen LogP contribution in [0.4, 0.5) is 0 Å². The predicted molar refractivity (Wildman–Crippen MR) is 161 cm³/mol. The van der Waals surface area contributed by atoms with E-state index in [4.69, 9.17) is 18.9 Å². The van der Waals surface area contributed by atoms with Gasteiger partial charge in [0.1, 0.15) is 18.3 Å². The lowest BCUT2D eigenvalue weighted by Crippen LogP contribution is -2.63. The molecule has 4 fully saturated rings. The number of esters is 4. The first-order valence-corrected chi connectivity index (χ1v) is 16.6. The Hall–Kier alpha value is -2.38. The van der Waals surface area contributed by atoms with E-state index in [1.165, 1.54) is 20.8 Å². The van der Waals surface area contributed by atoms with Gasteiger partial charge in [0.05, 0.1) is 6.61 Å². The summed E-state index contributed by atoms with van der Waals surface area (Å²) in [6, 6.07) is 0. The van der Waals surface area contributed by atoms with Crippen molar-refractivity contribution in [2.45, 2.75) is 131 Å². The number of carbonyl (C=O) groups is 4. The largest absolute Gasteiger partial charge is 0.463 e. The number of carbonyl (C=O) groups excluding carboxylic acids is 4. The topological polar surface area (TPSA) is 105 Å². The zero-order chi connectivity index (χ0) is 31.7. The number of allylic oxidation sites excluding steroid dienone is 1. The minimum absolute atomic E-state index is 0.0170. The van der Waals surface area contributed by atoms with E-state index in [1.54, 1.807) is 6.92 Å². The SMILES string of the molecule is CCOC(=O)/C(C)=C\CC[C@@H](C)[C@H]1CC[C@H]2[C@@H]3[C@H](OC(C)=O)C[C@@H]4C[C@H](OC(C)=O)CC[C@]4(C)[C@H]3C[C@H](OC(C)=O)[C@]12C. The van der Waals surface area contributed by atoms with Gasteiger partial charge in [-0.15, -0.1) is 0 Å². The monoisotopic (exact) mass is 602 g/mol. The highest BCUT2D eigenvalue weighted by molar-refractivity contribution is 5.87. The van der Waals surface area contributed by atoms with Gasteiger partial charge >= 0.3 is 23.9 Å². The van der Waals surface area contributed by atoms with E-state index in [-0.39, 0.29) is 76.7 Å². The van der Waals surface area contributed by atoms with Gasteiger partial charge in [0.15, 0.2) is 0 Å². The third kappa shape index (κ3) is 6.68. The molecule has 8 heteroatoms. The van der Waals surface area contributed by atoms with Gasteiger partial charge in [0, 0.05) is 37.7 Å². The third-order valence-electron chi connectivity index (χ3n) is 12.1. The molecule has 4 saturated carbocycles. The fourth-order valence-electron chi connectivity index (χ4n) is 10.2. The third-order valence-corrected chi connectivity index (χ3v) is 12.1. The lowest BCUT2D eigenvalue weighted by atomic mass is 9.43. The van der Waals surface area contributed by atoms with Gasteiger partial charge in [-0.05, 0) is 107 Å². The van der Waals surface area contributed by atoms with Gasteiger partial charge in [-0.2, -0.15) is 0 Å². The molecule has 8 nitrogen and oxygen atoms in total. The zero-order valence-corrected chi connectivity index (χ0v) is 27.6. The Morgan fingerprint density at radius 3 is 2.16 bits per heavy atom. The fraction of sp³-hybridized carbons (Fsp3) is 0.829. The molecule has 0 amide bonds. The lowest BCUT2D eigenvalue weighted by Gasteiger charge is -2.64. The second kappa shape index (κ2) is 13.3. The Kier molecular flexibility index (Phi) is 10.4. The van der Waals surface area contributed by atoms with Crippen LogP contribution in [0, 0.1) is 46.3 Å². The van der Waals surface area contributed by atoms with Gasteiger partial charge < -0.3 is 18.9 Å². The predicted octanol–water partition coefficient (Wildman–Crippen LogP) is 6.59. The summed E-state index contributed by atoms with van der Waals surface area (Å²) >= 11 is 0. The van der Waals surface area contributed by atoms with Crippen LogP contribution in [-0.2, 0) is 38.1 Å². The Balaban J connectivity index is 1.64. The molecule has 43 heavy (non-hydrogen) atoms. The molecule has 0 N–H and O–H groups in total. The summed E-state index contributed by atoms with van der Waals surface area (Å²) in [4.78, 5) is 48.9. The number of hydrogen-bond donors (Lipinski definition) is 0. The maximum Gasteiger partial charge on any atom is 0.333 e. The second-order valence-corrected chi connectivity index (χ2v) is 14.4. The van der Waals surface area contributed by atoms with E-state index in [2.05, 4.69) is 20.8 Å². The molecule has 0 saturated heterocycles. The minimum Gasteiger partial charge on any atom is -0.463 e. The summed E-state index contributed by atoms with van der Waals surface area (Å²) in [7, 11) is 0. The van der Waals surface area contributed by atoms with Crippen LogP contribution in [0.25, 0.3) is 0 Å². The number of fused-ring (bicyclic) bond motifs is 5. The van der Waals surface area contributed by atoms with Gasteiger partial charge in [0.25, 0.3) is 0 Å². The molecule has 0 bridgehead atoms. The standard InChI is InChI=1S/C35H54O8/c1-9-40-33(39)21(3)12-10-11-20(2)27-13-14-28-32-29(19-31(35(27,28)8)43-24(6)38)34(7)16-15-26(41-22(4)36)17-25(34)18-30(32)42-23(5)37/h12,20,25-32H,9-11,13-19H2,1-8H3/b21-12-/t20-,25+,26-,27-,28+,29+,30-,31+,32+,34+,35-/m1/s1. The van der Waals surface area contributed by atoms with Crippen molar-refractivity contribution in [3.05, 3.63) is 11.6 Å². The number of hydrogen-bond acceptors (Lipinski definition) is 8. The van der Waals surface area contributed by atoms with E-state index < -0.39 is 0 Å². The quantitative estimate of drug-likeness (QED) is 0.165. The van der Waals surface area contributed by atoms with E-state index in [0.29, 0.717) is 24.0 Å². The van der Waals surface area contributed by atoms with Crippen LogP contribution in [-0.4, -0.2) is 48.8 Å². The van der Waals surface area contributed by atoms with Crippen molar-refractivity contribution in [1.29, 1.82) is 0 Å². The van der Waals surface area contributed by atoms with Crippen molar-refractivity contribution in [2.24, 2.45) is 46.3 Å². The molecule has 0 heterocycles. The van der Waals surface area contributed by atoms with Crippen molar-refractivity contribution in [2.75, 3.05) is 6.61 Å². The molecule has 0 aromatic heterocycles. The summed E-state index contributed by atoms with van der Waals surface area (Å²) in [5.74, 6) is 0.612. The molecule has 11 atom stereocenters. The smallest absolute Gasteiger partial charge is 0.333 e. The Labute approximate surface area is 258 Å². The maximum absolute atomic E-state index is 12.6. The normalized spacial score (nSPS) is 39.4. The second-order valence-electron chi connectivity index (χ2n) is 14.4. The van der Waals surface area contributed by atoms with Crippen molar-refractivity contribution in [3.63, 3.8) is 0 Å². The van der Waals surface area contributed by atoms with Gasteiger partial charge in [-0.1, -0.05) is 26.8 Å². The molecule has 0 unspecified atom stereocenters. The Morgan fingerprint density at radius 1 is 0.860 bits per heavy atom. The summed E-state index contributed by atoms with van der Waals surface area (Å²) in [6.45, 7) is 15.5. The highest BCUT2D eigenvalue weighted by Crippen LogP contribution is 2.69.